The van der Waals surface area contributed by atoms with Crippen LogP contribution in [0.3, 0.4) is 0 Å². The van der Waals surface area contributed by atoms with Gasteiger partial charge in [0.25, 0.3) is 11.8 Å². The summed E-state index contributed by atoms with van der Waals surface area (Å²) in [7, 11) is 0. The Labute approximate surface area is 273 Å². The first-order valence-corrected chi connectivity index (χ1v) is 15.2. The number of rotatable bonds is 14. The molecule has 4 aromatic rings. The van der Waals surface area contributed by atoms with Gasteiger partial charge in [0.15, 0.2) is 17.6 Å². The minimum atomic E-state index is -0.943. The van der Waals surface area contributed by atoms with E-state index < -0.39 is 24.0 Å². The summed E-state index contributed by atoms with van der Waals surface area (Å²) in [6.07, 6.45) is 0.798. The highest BCUT2D eigenvalue weighted by Crippen LogP contribution is 2.30. The number of carbonyl (C=O) groups excluding carboxylic acids is 2. The van der Waals surface area contributed by atoms with Gasteiger partial charge in [0.05, 0.1) is 17.8 Å². The first-order valence-electron chi connectivity index (χ1n) is 14.5. The van der Waals surface area contributed by atoms with Gasteiger partial charge in [-0.05, 0) is 73.9 Å². The molecule has 0 spiro atoms. The number of ether oxygens (including phenoxy) is 3. The molecule has 0 saturated heterocycles. The van der Waals surface area contributed by atoms with E-state index in [-0.39, 0.29) is 11.4 Å². The third-order valence-corrected chi connectivity index (χ3v) is 7.15. The lowest BCUT2D eigenvalue weighted by Crippen LogP contribution is -2.50. The van der Waals surface area contributed by atoms with Crippen molar-refractivity contribution < 1.29 is 23.8 Å². The molecule has 0 fully saturated rings. The van der Waals surface area contributed by atoms with Crippen molar-refractivity contribution in [3.8, 4) is 17.2 Å². The zero-order valence-electron chi connectivity index (χ0n) is 25.3. The summed E-state index contributed by atoms with van der Waals surface area (Å²) in [4.78, 5) is 26.3. The molecule has 8 nitrogen and oxygen atoms in total. The molecule has 45 heavy (non-hydrogen) atoms. The van der Waals surface area contributed by atoms with E-state index in [2.05, 4.69) is 21.9 Å². The number of hydrogen-bond acceptors (Lipinski definition) is 6. The Kier molecular flexibility index (Phi) is 12.2. The van der Waals surface area contributed by atoms with Gasteiger partial charge in [-0.15, -0.1) is 0 Å². The van der Waals surface area contributed by atoms with Gasteiger partial charge < -0.3 is 19.5 Å². The zero-order chi connectivity index (χ0) is 32.2. The average molecular weight is 649 g/mol. The average Bonchev–Trinajstić information content (AvgIpc) is 3.02. The van der Waals surface area contributed by atoms with Crippen molar-refractivity contribution in [2.45, 2.75) is 45.9 Å². The van der Waals surface area contributed by atoms with Crippen molar-refractivity contribution in [1.29, 1.82) is 0 Å². The van der Waals surface area contributed by atoms with Gasteiger partial charge in [-0.25, -0.2) is 5.43 Å². The number of halogens is 2. The maximum atomic E-state index is 13.3. The van der Waals surface area contributed by atoms with Crippen LogP contribution in [0.25, 0.3) is 0 Å². The van der Waals surface area contributed by atoms with Gasteiger partial charge >= 0.3 is 0 Å². The summed E-state index contributed by atoms with van der Waals surface area (Å²) in [6, 6.07) is 26.7. The monoisotopic (exact) mass is 647 g/mol. The Morgan fingerprint density at radius 2 is 1.60 bits per heavy atom. The van der Waals surface area contributed by atoms with E-state index in [1.54, 1.807) is 31.2 Å². The molecule has 0 saturated carbocycles. The van der Waals surface area contributed by atoms with E-state index in [0.717, 1.165) is 16.7 Å². The lowest BCUT2D eigenvalue weighted by molar-refractivity contribution is -0.132. The molecule has 0 unspecified atom stereocenters. The summed E-state index contributed by atoms with van der Waals surface area (Å²) >= 11 is 12.2. The normalized spacial score (nSPS) is 12.3. The number of carbonyl (C=O) groups is 2. The fraction of sp³-hybridized carbons (Fsp3) is 0.229. The molecule has 2 atom stereocenters. The van der Waals surface area contributed by atoms with Crippen LogP contribution >= 0.6 is 23.2 Å². The Morgan fingerprint density at radius 3 is 2.33 bits per heavy atom. The van der Waals surface area contributed by atoms with Crippen LogP contribution in [-0.2, 0) is 22.6 Å². The van der Waals surface area contributed by atoms with Gasteiger partial charge in [-0.1, -0.05) is 83.4 Å². The Morgan fingerprint density at radius 1 is 0.844 bits per heavy atom. The SMILES string of the molecule is CCOc1cc(/C=N\NC(=O)[C@H](Cc2ccccc2)NC(=O)[C@H](C)Oc2ccc(Cl)cc2Cl)ccc1OCc1cccc(C)c1. The Hall–Kier alpha value is -4.53. The summed E-state index contributed by atoms with van der Waals surface area (Å²) in [5.41, 5.74) is 6.30. The first-order chi connectivity index (χ1) is 21.7. The highest BCUT2D eigenvalue weighted by molar-refractivity contribution is 6.35. The number of hydrazone groups is 1. The number of aryl methyl sites for hydroxylation is 1. The Balaban J connectivity index is 1.42. The minimum Gasteiger partial charge on any atom is -0.490 e. The van der Waals surface area contributed by atoms with E-state index in [9.17, 15) is 9.59 Å². The van der Waals surface area contributed by atoms with Crippen molar-refractivity contribution in [3.63, 3.8) is 0 Å². The first kappa shape index (κ1) is 33.4. The number of nitrogens with one attached hydrogen (secondary N) is 2. The number of hydrogen-bond donors (Lipinski definition) is 2. The van der Waals surface area contributed by atoms with Crippen molar-refractivity contribution in [1.82, 2.24) is 10.7 Å². The van der Waals surface area contributed by atoms with Crippen molar-refractivity contribution in [2.24, 2.45) is 5.10 Å². The van der Waals surface area contributed by atoms with Crippen molar-refractivity contribution >= 4 is 41.2 Å². The second kappa shape index (κ2) is 16.5. The quantitative estimate of drug-likeness (QED) is 0.114. The van der Waals surface area contributed by atoms with Crippen LogP contribution in [-0.4, -0.2) is 36.8 Å². The molecule has 0 heterocycles. The molecule has 4 rings (SSSR count). The van der Waals surface area contributed by atoms with Crippen LogP contribution in [0.5, 0.6) is 17.2 Å². The molecule has 0 bridgehead atoms. The molecule has 234 valence electrons. The smallest absolute Gasteiger partial charge is 0.262 e. The van der Waals surface area contributed by atoms with Gasteiger partial charge in [-0.3, -0.25) is 9.59 Å². The summed E-state index contributed by atoms with van der Waals surface area (Å²) in [5.74, 6) is 0.466. The Bertz CT molecular complexity index is 1630. The molecule has 2 N–H and O–H groups in total. The standard InChI is InChI=1S/C35H35Cl2N3O5/c1-4-43-33-19-26(13-15-32(33)44-22-27-12-8-9-23(2)17-27)21-38-40-35(42)30(18-25-10-6-5-7-11-25)39-34(41)24(3)45-31-16-14-28(36)20-29(31)37/h5-17,19-21,24,30H,4,18,22H2,1-3H3,(H,39,41)(H,40,42)/b38-21-/t24-,30-/m0/s1. The van der Waals surface area contributed by atoms with E-state index in [0.29, 0.717) is 41.0 Å². The van der Waals surface area contributed by atoms with Crippen LogP contribution in [0.1, 0.15) is 36.1 Å². The molecule has 0 aliphatic rings. The third-order valence-electron chi connectivity index (χ3n) is 6.62. The van der Waals surface area contributed by atoms with E-state index >= 15 is 0 Å². The maximum Gasteiger partial charge on any atom is 0.262 e. The number of nitrogens with zero attached hydrogens (tertiary/aromatic N) is 1. The van der Waals surface area contributed by atoms with Crippen LogP contribution in [0, 0.1) is 6.92 Å². The van der Waals surface area contributed by atoms with Crippen LogP contribution in [0.15, 0.2) is 96.1 Å². The van der Waals surface area contributed by atoms with Gasteiger partial charge in [-0.2, -0.15) is 5.10 Å². The second-order valence-corrected chi connectivity index (χ2v) is 11.1. The van der Waals surface area contributed by atoms with E-state index in [4.69, 9.17) is 37.4 Å². The largest absolute Gasteiger partial charge is 0.490 e. The fourth-order valence-corrected chi connectivity index (χ4v) is 4.82. The molecule has 0 aliphatic heterocycles. The molecule has 0 aromatic heterocycles. The lowest BCUT2D eigenvalue weighted by Gasteiger charge is -2.21. The van der Waals surface area contributed by atoms with E-state index in [1.807, 2.05) is 68.4 Å². The third kappa shape index (κ3) is 10.3. The summed E-state index contributed by atoms with van der Waals surface area (Å²) in [5, 5.41) is 7.64. The predicted octanol–water partition coefficient (Wildman–Crippen LogP) is 6.92. The molecule has 0 radical (unpaired) electrons. The molecular weight excluding hydrogens is 613 g/mol. The molecular formula is C35H35Cl2N3O5. The molecule has 0 aliphatic carbocycles. The lowest BCUT2D eigenvalue weighted by atomic mass is 10.1. The van der Waals surface area contributed by atoms with Crippen LogP contribution < -0.4 is 25.0 Å². The fourth-order valence-electron chi connectivity index (χ4n) is 4.37. The van der Waals surface area contributed by atoms with Crippen LogP contribution in [0.2, 0.25) is 10.0 Å². The number of benzene rings is 4. The minimum absolute atomic E-state index is 0.240. The predicted molar refractivity (Wildman–Crippen MR) is 177 cm³/mol. The maximum absolute atomic E-state index is 13.3. The molecule has 2 amide bonds. The van der Waals surface area contributed by atoms with Gasteiger partial charge in [0, 0.05) is 11.4 Å². The highest BCUT2D eigenvalue weighted by atomic mass is 35.5. The molecule has 10 heteroatoms. The van der Waals surface area contributed by atoms with Gasteiger partial charge in [0.1, 0.15) is 18.4 Å². The van der Waals surface area contributed by atoms with Gasteiger partial charge in [0.2, 0.25) is 0 Å². The molecule has 4 aromatic carbocycles. The van der Waals surface area contributed by atoms with Crippen molar-refractivity contribution in [3.05, 3.63) is 123 Å². The van der Waals surface area contributed by atoms with Crippen LogP contribution in [0.4, 0.5) is 0 Å². The number of amides is 2. The zero-order valence-corrected chi connectivity index (χ0v) is 26.8. The summed E-state index contributed by atoms with van der Waals surface area (Å²) < 4.78 is 17.5. The van der Waals surface area contributed by atoms with Crippen molar-refractivity contribution in [2.75, 3.05) is 6.61 Å². The summed E-state index contributed by atoms with van der Waals surface area (Å²) in [6.45, 7) is 6.35. The highest BCUT2D eigenvalue weighted by Gasteiger charge is 2.25. The second-order valence-electron chi connectivity index (χ2n) is 10.2. The van der Waals surface area contributed by atoms with E-state index in [1.165, 1.54) is 12.3 Å². The topological polar surface area (TPSA) is 98.2 Å².